The van der Waals surface area contributed by atoms with E-state index in [4.69, 9.17) is 0 Å². The van der Waals surface area contributed by atoms with Gasteiger partial charge in [0.1, 0.15) is 6.33 Å². The fourth-order valence-electron chi connectivity index (χ4n) is 3.67. The number of para-hydroxylation sites is 2. The van der Waals surface area contributed by atoms with E-state index in [9.17, 15) is 14.9 Å². The Balaban J connectivity index is 1.55. The van der Waals surface area contributed by atoms with Crippen molar-refractivity contribution < 1.29 is 9.72 Å². The number of aromatic nitrogens is 2. The Hall–Kier alpha value is -4.00. The first-order valence-corrected chi connectivity index (χ1v) is 9.91. The van der Waals surface area contributed by atoms with Crippen LogP contribution < -0.4 is 0 Å². The van der Waals surface area contributed by atoms with Gasteiger partial charge >= 0.3 is 0 Å². The lowest BCUT2D eigenvalue weighted by atomic mass is 10.0. The highest BCUT2D eigenvalue weighted by atomic mass is 16.6. The molecule has 0 spiro atoms. The second-order valence-corrected chi connectivity index (χ2v) is 7.55. The number of nitro groups is 1. The van der Waals surface area contributed by atoms with Crippen molar-refractivity contribution >= 4 is 22.6 Å². The van der Waals surface area contributed by atoms with E-state index in [1.54, 1.807) is 31.3 Å². The molecule has 0 radical (unpaired) electrons. The van der Waals surface area contributed by atoms with Gasteiger partial charge in [-0.1, -0.05) is 24.3 Å². The average molecular weight is 414 g/mol. The van der Waals surface area contributed by atoms with Gasteiger partial charge in [0, 0.05) is 29.9 Å². The van der Waals surface area contributed by atoms with E-state index in [-0.39, 0.29) is 17.6 Å². The number of aryl methyl sites for hydroxylation is 1. The fourth-order valence-corrected chi connectivity index (χ4v) is 3.67. The Morgan fingerprint density at radius 3 is 2.48 bits per heavy atom. The predicted molar refractivity (Wildman–Crippen MR) is 119 cm³/mol. The number of amides is 1. The van der Waals surface area contributed by atoms with Gasteiger partial charge in [-0.25, -0.2) is 4.98 Å². The third-order valence-electron chi connectivity index (χ3n) is 5.65. The molecule has 0 N–H and O–H groups in total. The van der Waals surface area contributed by atoms with Crippen LogP contribution in [0.25, 0.3) is 16.7 Å². The van der Waals surface area contributed by atoms with E-state index >= 15 is 0 Å². The van der Waals surface area contributed by atoms with Gasteiger partial charge in [0.2, 0.25) is 0 Å². The SMILES string of the molecule is Cc1cc(C(=O)N(C)C(C)c2ccc(-n3cnc4ccccc43)cc2)ccc1[N+](=O)[O-]. The Kier molecular flexibility index (Phi) is 5.25. The van der Waals surface area contributed by atoms with E-state index in [0.717, 1.165) is 22.3 Å². The van der Waals surface area contributed by atoms with E-state index in [0.29, 0.717) is 11.1 Å². The topological polar surface area (TPSA) is 81.3 Å². The van der Waals surface area contributed by atoms with Crippen molar-refractivity contribution in [2.75, 3.05) is 7.05 Å². The first-order chi connectivity index (χ1) is 14.9. The van der Waals surface area contributed by atoms with Crippen LogP contribution in [-0.4, -0.2) is 32.3 Å². The summed E-state index contributed by atoms with van der Waals surface area (Å²) in [4.78, 5) is 29.6. The molecule has 1 aromatic heterocycles. The molecule has 4 aromatic rings. The number of carbonyl (C=O) groups is 1. The lowest BCUT2D eigenvalue weighted by Gasteiger charge is -2.26. The van der Waals surface area contributed by atoms with Crippen molar-refractivity contribution in [1.82, 2.24) is 14.5 Å². The van der Waals surface area contributed by atoms with Crippen LogP contribution in [-0.2, 0) is 0 Å². The van der Waals surface area contributed by atoms with E-state index in [1.807, 2.05) is 60.0 Å². The standard InChI is InChI=1S/C24H22N4O3/c1-16-14-19(10-13-22(16)28(30)31)24(29)26(3)17(2)18-8-11-20(12-9-18)27-15-25-21-6-4-5-7-23(21)27/h4-15,17H,1-3H3. The second-order valence-electron chi connectivity index (χ2n) is 7.55. The maximum absolute atomic E-state index is 12.9. The molecule has 0 saturated carbocycles. The summed E-state index contributed by atoms with van der Waals surface area (Å²) in [6, 6.07) is 20.2. The summed E-state index contributed by atoms with van der Waals surface area (Å²) in [7, 11) is 1.74. The summed E-state index contributed by atoms with van der Waals surface area (Å²) < 4.78 is 2.03. The number of hydrogen-bond donors (Lipinski definition) is 0. The van der Waals surface area contributed by atoms with Crippen molar-refractivity contribution in [2.45, 2.75) is 19.9 Å². The van der Waals surface area contributed by atoms with Crippen LogP contribution in [0.1, 0.15) is 34.5 Å². The van der Waals surface area contributed by atoms with Crippen molar-refractivity contribution in [3.63, 3.8) is 0 Å². The lowest BCUT2D eigenvalue weighted by Crippen LogP contribution is -2.29. The third kappa shape index (κ3) is 3.77. The molecule has 156 valence electrons. The zero-order chi connectivity index (χ0) is 22.1. The van der Waals surface area contributed by atoms with Gasteiger partial charge in [0.15, 0.2) is 0 Å². The highest BCUT2D eigenvalue weighted by Crippen LogP contribution is 2.25. The second kappa shape index (κ2) is 8.02. The first kappa shape index (κ1) is 20.3. The maximum atomic E-state index is 12.9. The Morgan fingerprint density at radius 1 is 1.10 bits per heavy atom. The molecule has 0 aliphatic rings. The summed E-state index contributed by atoms with van der Waals surface area (Å²) >= 11 is 0. The van der Waals surface area contributed by atoms with Gasteiger partial charge in [0.05, 0.1) is 22.0 Å². The number of hydrogen-bond acceptors (Lipinski definition) is 4. The van der Waals surface area contributed by atoms with Crippen LogP contribution in [0.2, 0.25) is 0 Å². The summed E-state index contributed by atoms with van der Waals surface area (Å²) in [5.41, 5.74) is 4.85. The van der Waals surface area contributed by atoms with Crippen LogP contribution in [0.4, 0.5) is 5.69 Å². The van der Waals surface area contributed by atoms with Crippen molar-refractivity contribution in [3.05, 3.63) is 99.9 Å². The lowest BCUT2D eigenvalue weighted by molar-refractivity contribution is -0.385. The zero-order valence-corrected chi connectivity index (χ0v) is 17.5. The van der Waals surface area contributed by atoms with Gasteiger partial charge in [-0.05, 0) is 55.8 Å². The smallest absolute Gasteiger partial charge is 0.272 e. The average Bonchev–Trinajstić information content (AvgIpc) is 3.21. The maximum Gasteiger partial charge on any atom is 0.272 e. The third-order valence-corrected chi connectivity index (χ3v) is 5.65. The summed E-state index contributed by atoms with van der Waals surface area (Å²) in [6.45, 7) is 3.59. The number of benzene rings is 3. The summed E-state index contributed by atoms with van der Waals surface area (Å²) in [5, 5.41) is 11.0. The number of imidazole rings is 1. The highest BCUT2D eigenvalue weighted by molar-refractivity contribution is 5.94. The van der Waals surface area contributed by atoms with Crippen LogP contribution in [0.3, 0.4) is 0 Å². The molecule has 0 aliphatic carbocycles. The molecule has 1 heterocycles. The van der Waals surface area contributed by atoms with Crippen molar-refractivity contribution in [3.8, 4) is 5.69 Å². The Labute approximate surface area is 179 Å². The number of nitro benzene ring substituents is 1. The molecule has 0 fully saturated rings. The fraction of sp³-hybridized carbons (Fsp3) is 0.167. The molecular formula is C24H22N4O3. The van der Waals surface area contributed by atoms with E-state index in [1.165, 1.54) is 12.1 Å². The van der Waals surface area contributed by atoms with Crippen LogP contribution >= 0.6 is 0 Å². The van der Waals surface area contributed by atoms with Crippen LogP contribution in [0, 0.1) is 17.0 Å². The van der Waals surface area contributed by atoms with Crippen LogP contribution in [0.15, 0.2) is 73.1 Å². The number of fused-ring (bicyclic) bond motifs is 1. The minimum absolute atomic E-state index is 0.00914. The summed E-state index contributed by atoms with van der Waals surface area (Å²) in [6.07, 6.45) is 1.80. The molecule has 1 amide bonds. The van der Waals surface area contributed by atoms with Crippen molar-refractivity contribution in [1.29, 1.82) is 0 Å². The minimum Gasteiger partial charge on any atom is -0.335 e. The molecule has 4 rings (SSSR count). The predicted octanol–water partition coefficient (Wildman–Crippen LogP) is 5.08. The van der Waals surface area contributed by atoms with E-state index < -0.39 is 4.92 Å². The van der Waals surface area contributed by atoms with Crippen LogP contribution in [0.5, 0.6) is 0 Å². The Morgan fingerprint density at radius 2 is 1.81 bits per heavy atom. The monoisotopic (exact) mass is 414 g/mol. The van der Waals surface area contributed by atoms with Gasteiger partial charge < -0.3 is 4.90 Å². The number of rotatable bonds is 5. The zero-order valence-electron chi connectivity index (χ0n) is 17.5. The summed E-state index contributed by atoms with van der Waals surface area (Å²) in [5.74, 6) is -0.185. The van der Waals surface area contributed by atoms with Gasteiger partial charge in [-0.15, -0.1) is 0 Å². The normalized spacial score (nSPS) is 12.0. The minimum atomic E-state index is -0.443. The van der Waals surface area contributed by atoms with Crippen molar-refractivity contribution in [2.24, 2.45) is 0 Å². The molecule has 1 atom stereocenters. The molecular weight excluding hydrogens is 392 g/mol. The molecule has 1 unspecified atom stereocenters. The molecule has 3 aromatic carbocycles. The van der Waals surface area contributed by atoms with Gasteiger partial charge in [0.25, 0.3) is 11.6 Å². The highest BCUT2D eigenvalue weighted by Gasteiger charge is 2.21. The quantitative estimate of drug-likeness (QED) is 0.337. The van der Waals surface area contributed by atoms with Gasteiger partial charge in [-0.2, -0.15) is 0 Å². The molecule has 7 nitrogen and oxygen atoms in total. The largest absolute Gasteiger partial charge is 0.335 e. The molecule has 0 saturated heterocycles. The molecule has 31 heavy (non-hydrogen) atoms. The number of carbonyl (C=O) groups excluding carboxylic acids is 1. The van der Waals surface area contributed by atoms with Gasteiger partial charge in [-0.3, -0.25) is 19.5 Å². The molecule has 0 aliphatic heterocycles. The molecule has 0 bridgehead atoms. The van der Waals surface area contributed by atoms with E-state index in [2.05, 4.69) is 4.98 Å². The number of nitrogens with zero attached hydrogens (tertiary/aromatic N) is 4. The molecule has 7 heteroatoms. The Bertz CT molecular complexity index is 1280. The first-order valence-electron chi connectivity index (χ1n) is 9.91.